The van der Waals surface area contributed by atoms with Gasteiger partial charge in [-0.25, -0.2) is 4.79 Å². The Kier molecular flexibility index (Phi) is 4.90. The number of hydrogen-bond acceptors (Lipinski definition) is 5. The molecule has 1 aromatic rings. The highest BCUT2D eigenvalue weighted by molar-refractivity contribution is 7.99. The van der Waals surface area contributed by atoms with Gasteiger partial charge >= 0.3 is 5.97 Å². The van der Waals surface area contributed by atoms with Gasteiger partial charge in [-0.2, -0.15) is 11.8 Å². The van der Waals surface area contributed by atoms with Crippen LogP contribution in [-0.2, 0) is 4.74 Å². The molecule has 0 aliphatic heterocycles. The highest BCUT2D eigenvalue weighted by Crippen LogP contribution is 2.23. The summed E-state index contributed by atoms with van der Waals surface area (Å²) in [5.74, 6) is -0.416. The summed E-state index contributed by atoms with van der Waals surface area (Å²) in [6.07, 6.45) is 2.07. The molecular formula is C13H20N2O2S. The average molecular weight is 268 g/mol. The molecule has 18 heavy (non-hydrogen) atoms. The van der Waals surface area contributed by atoms with Crippen molar-refractivity contribution in [1.29, 1.82) is 0 Å². The number of esters is 1. The first-order valence-electron chi connectivity index (χ1n) is 5.66. The second-order valence-electron chi connectivity index (χ2n) is 4.61. The number of carbonyl (C=O) groups is 1. The smallest absolute Gasteiger partial charge is 0.340 e. The predicted molar refractivity (Wildman–Crippen MR) is 78.3 cm³/mol. The predicted octanol–water partition coefficient (Wildman–Crippen LogP) is 2.61. The van der Waals surface area contributed by atoms with Gasteiger partial charge in [-0.1, -0.05) is 0 Å². The van der Waals surface area contributed by atoms with Crippen molar-refractivity contribution in [2.75, 3.05) is 31.0 Å². The van der Waals surface area contributed by atoms with Crippen LogP contribution in [0.2, 0.25) is 0 Å². The lowest BCUT2D eigenvalue weighted by atomic mass is 10.1. The van der Waals surface area contributed by atoms with Crippen molar-refractivity contribution >= 4 is 29.1 Å². The van der Waals surface area contributed by atoms with Crippen molar-refractivity contribution in [1.82, 2.24) is 0 Å². The molecule has 0 aliphatic rings. The molecule has 0 saturated carbocycles. The number of nitrogen functional groups attached to an aromatic ring is 1. The fourth-order valence-electron chi connectivity index (χ4n) is 1.34. The fraction of sp³-hybridized carbons (Fsp3) is 0.462. The van der Waals surface area contributed by atoms with Crippen LogP contribution >= 0.6 is 11.8 Å². The van der Waals surface area contributed by atoms with Crippen LogP contribution in [0.15, 0.2) is 18.2 Å². The number of rotatable bonds is 5. The zero-order valence-electron chi connectivity index (χ0n) is 11.2. The summed E-state index contributed by atoms with van der Waals surface area (Å²) in [4.78, 5) is 11.5. The van der Waals surface area contributed by atoms with Crippen molar-refractivity contribution in [3.05, 3.63) is 23.8 Å². The minimum atomic E-state index is -0.416. The van der Waals surface area contributed by atoms with Crippen molar-refractivity contribution in [3.8, 4) is 0 Å². The van der Waals surface area contributed by atoms with Gasteiger partial charge < -0.3 is 15.8 Å². The molecule has 0 unspecified atom stereocenters. The Morgan fingerprint density at radius 3 is 2.72 bits per heavy atom. The molecule has 100 valence electrons. The summed E-state index contributed by atoms with van der Waals surface area (Å²) in [5.41, 5.74) is 7.43. The third-order valence-electron chi connectivity index (χ3n) is 2.73. The number of carbonyl (C=O) groups excluding carboxylic acids is 1. The van der Waals surface area contributed by atoms with E-state index in [0.29, 0.717) is 11.3 Å². The van der Waals surface area contributed by atoms with Gasteiger partial charge in [0.1, 0.15) is 0 Å². The summed E-state index contributed by atoms with van der Waals surface area (Å²) in [7, 11) is 1.35. The van der Waals surface area contributed by atoms with E-state index in [9.17, 15) is 4.79 Å². The molecule has 0 atom stereocenters. The molecule has 0 spiro atoms. The minimum absolute atomic E-state index is 0.132. The minimum Gasteiger partial charge on any atom is -0.465 e. The molecule has 0 radical (unpaired) electrons. The quantitative estimate of drug-likeness (QED) is 0.635. The SMILES string of the molecule is COC(=O)c1cc(NCC(C)(C)SC)ccc1N. The van der Waals surface area contributed by atoms with E-state index in [1.165, 1.54) is 7.11 Å². The lowest BCUT2D eigenvalue weighted by Crippen LogP contribution is -2.25. The van der Waals surface area contributed by atoms with Gasteiger partial charge in [0.25, 0.3) is 0 Å². The topological polar surface area (TPSA) is 64.3 Å². The van der Waals surface area contributed by atoms with E-state index in [-0.39, 0.29) is 4.75 Å². The van der Waals surface area contributed by atoms with Gasteiger partial charge in [0.2, 0.25) is 0 Å². The maximum Gasteiger partial charge on any atom is 0.340 e. The first-order chi connectivity index (χ1) is 8.39. The van der Waals surface area contributed by atoms with E-state index in [0.717, 1.165) is 12.2 Å². The normalized spacial score (nSPS) is 11.1. The maximum atomic E-state index is 11.5. The van der Waals surface area contributed by atoms with Crippen LogP contribution in [0.4, 0.5) is 11.4 Å². The maximum absolute atomic E-state index is 11.5. The highest BCUT2D eigenvalue weighted by atomic mass is 32.2. The summed E-state index contributed by atoms with van der Waals surface area (Å²) >= 11 is 1.79. The summed E-state index contributed by atoms with van der Waals surface area (Å²) in [6.45, 7) is 5.12. The van der Waals surface area contributed by atoms with Crippen LogP contribution in [-0.4, -0.2) is 30.6 Å². The molecule has 0 heterocycles. The second kappa shape index (κ2) is 6.00. The summed E-state index contributed by atoms with van der Waals surface area (Å²) < 4.78 is 4.82. The molecular weight excluding hydrogens is 248 g/mol. The van der Waals surface area contributed by atoms with Crippen LogP contribution in [0.25, 0.3) is 0 Å². The Morgan fingerprint density at radius 1 is 1.50 bits per heavy atom. The van der Waals surface area contributed by atoms with E-state index < -0.39 is 5.97 Å². The molecule has 0 aliphatic carbocycles. The second-order valence-corrected chi connectivity index (χ2v) is 6.12. The monoisotopic (exact) mass is 268 g/mol. The number of anilines is 2. The van der Waals surface area contributed by atoms with Gasteiger partial charge in [-0.05, 0) is 38.3 Å². The van der Waals surface area contributed by atoms with E-state index >= 15 is 0 Å². The van der Waals surface area contributed by atoms with E-state index in [1.807, 2.05) is 6.07 Å². The largest absolute Gasteiger partial charge is 0.465 e. The summed E-state index contributed by atoms with van der Waals surface area (Å²) in [5, 5.41) is 3.30. The van der Waals surface area contributed by atoms with Gasteiger partial charge in [-0.15, -0.1) is 0 Å². The van der Waals surface area contributed by atoms with E-state index in [2.05, 4.69) is 30.2 Å². The van der Waals surface area contributed by atoms with Crippen LogP contribution in [0.5, 0.6) is 0 Å². The van der Waals surface area contributed by atoms with Crippen LogP contribution in [0, 0.1) is 0 Å². The molecule has 0 saturated heterocycles. The molecule has 1 aromatic carbocycles. The zero-order chi connectivity index (χ0) is 13.8. The van der Waals surface area contributed by atoms with Gasteiger partial charge in [0.05, 0.1) is 12.7 Å². The Bertz CT molecular complexity index is 433. The first kappa shape index (κ1) is 14.7. The molecule has 0 bridgehead atoms. The molecule has 0 aromatic heterocycles. The number of nitrogens with one attached hydrogen (secondary N) is 1. The number of methoxy groups -OCH3 is 1. The first-order valence-corrected chi connectivity index (χ1v) is 6.89. The zero-order valence-corrected chi connectivity index (χ0v) is 12.1. The Labute approximate surface area is 112 Å². The van der Waals surface area contributed by atoms with Crippen LogP contribution < -0.4 is 11.1 Å². The number of thioether (sulfide) groups is 1. The number of hydrogen-bond donors (Lipinski definition) is 2. The van der Waals surface area contributed by atoms with Gasteiger partial charge in [0, 0.05) is 22.7 Å². The van der Waals surface area contributed by atoms with Crippen molar-refractivity contribution in [2.45, 2.75) is 18.6 Å². The standard InChI is InChI=1S/C13H20N2O2S/c1-13(2,18-4)8-15-9-5-6-11(14)10(7-9)12(16)17-3/h5-7,15H,8,14H2,1-4H3. The molecule has 1 rings (SSSR count). The average Bonchev–Trinajstić information content (AvgIpc) is 2.37. The van der Waals surface area contributed by atoms with E-state index in [1.54, 1.807) is 23.9 Å². The Morgan fingerprint density at radius 2 is 2.17 bits per heavy atom. The fourth-order valence-corrected chi connectivity index (χ4v) is 1.56. The Balaban J connectivity index is 2.83. The molecule has 4 nitrogen and oxygen atoms in total. The van der Waals surface area contributed by atoms with Crippen LogP contribution in [0.1, 0.15) is 24.2 Å². The highest BCUT2D eigenvalue weighted by Gasteiger charge is 2.16. The molecule has 5 heteroatoms. The van der Waals surface area contributed by atoms with Crippen molar-refractivity contribution in [3.63, 3.8) is 0 Å². The Hall–Kier alpha value is -1.36. The lowest BCUT2D eigenvalue weighted by Gasteiger charge is -2.23. The number of nitrogens with two attached hydrogens (primary N) is 1. The number of ether oxygens (including phenoxy) is 1. The lowest BCUT2D eigenvalue weighted by molar-refractivity contribution is 0.0602. The van der Waals surface area contributed by atoms with Gasteiger partial charge in [-0.3, -0.25) is 0 Å². The van der Waals surface area contributed by atoms with E-state index in [4.69, 9.17) is 5.73 Å². The van der Waals surface area contributed by atoms with Gasteiger partial charge in [0.15, 0.2) is 0 Å². The third-order valence-corrected chi connectivity index (χ3v) is 3.98. The van der Waals surface area contributed by atoms with Crippen LogP contribution in [0.3, 0.4) is 0 Å². The number of benzene rings is 1. The molecule has 3 N–H and O–H groups in total. The van der Waals surface area contributed by atoms with Crippen molar-refractivity contribution in [2.24, 2.45) is 0 Å². The molecule has 0 amide bonds. The summed E-state index contributed by atoms with van der Waals surface area (Å²) in [6, 6.07) is 5.29. The third kappa shape index (κ3) is 3.84. The molecule has 0 fully saturated rings. The van der Waals surface area contributed by atoms with Crippen molar-refractivity contribution < 1.29 is 9.53 Å².